The Bertz CT molecular complexity index is 1110. The lowest BCUT2D eigenvalue weighted by molar-refractivity contribution is 0.635. The van der Waals surface area contributed by atoms with E-state index >= 15 is 0 Å². The monoisotopic (exact) mass is 364 g/mol. The minimum atomic E-state index is 0.768. The standard InChI is InChI=1S/C17H20N10/c1-3-13-20-22-17-16(18-6-7-26(13)17)25-10-8-24(9-11-25)15-5-4-14-21-19-12(2)27(14)23-15/h4-7H,3,8-11H2,1-2H3. The number of rotatable bonds is 3. The molecule has 0 spiro atoms. The first kappa shape index (κ1) is 15.9. The van der Waals surface area contributed by atoms with Crippen LogP contribution in [0.15, 0.2) is 24.5 Å². The zero-order valence-electron chi connectivity index (χ0n) is 15.3. The van der Waals surface area contributed by atoms with Crippen molar-refractivity contribution in [2.75, 3.05) is 36.0 Å². The molecule has 10 nitrogen and oxygen atoms in total. The lowest BCUT2D eigenvalue weighted by Crippen LogP contribution is -2.47. The fourth-order valence-electron chi connectivity index (χ4n) is 3.53. The molecule has 5 heterocycles. The summed E-state index contributed by atoms with van der Waals surface area (Å²) in [4.78, 5) is 9.11. The van der Waals surface area contributed by atoms with E-state index in [9.17, 15) is 0 Å². The van der Waals surface area contributed by atoms with E-state index in [1.807, 2.05) is 35.9 Å². The summed E-state index contributed by atoms with van der Waals surface area (Å²) < 4.78 is 3.81. The van der Waals surface area contributed by atoms with Crippen LogP contribution in [0.2, 0.25) is 0 Å². The normalized spacial score (nSPS) is 15.2. The summed E-state index contributed by atoms with van der Waals surface area (Å²) in [5.41, 5.74) is 1.59. The molecule has 0 N–H and O–H groups in total. The highest BCUT2D eigenvalue weighted by atomic mass is 15.4. The van der Waals surface area contributed by atoms with Gasteiger partial charge in [-0.2, -0.15) is 4.52 Å². The predicted molar refractivity (Wildman–Crippen MR) is 100 cm³/mol. The molecule has 1 aliphatic rings. The minimum absolute atomic E-state index is 0.768. The van der Waals surface area contributed by atoms with Crippen molar-refractivity contribution in [2.45, 2.75) is 20.3 Å². The number of aromatic nitrogens is 8. The van der Waals surface area contributed by atoms with Crippen LogP contribution < -0.4 is 9.80 Å². The van der Waals surface area contributed by atoms with Gasteiger partial charge in [-0.05, 0) is 19.1 Å². The molecule has 0 aliphatic carbocycles. The molecule has 5 rings (SSSR count). The zero-order chi connectivity index (χ0) is 18.4. The molecule has 10 heteroatoms. The summed E-state index contributed by atoms with van der Waals surface area (Å²) in [6, 6.07) is 3.96. The smallest absolute Gasteiger partial charge is 0.203 e. The Kier molecular flexibility index (Phi) is 3.62. The minimum Gasteiger partial charge on any atom is -0.352 e. The maximum Gasteiger partial charge on any atom is 0.203 e. The molecule has 1 aliphatic heterocycles. The third-order valence-corrected chi connectivity index (χ3v) is 5.00. The lowest BCUT2D eigenvalue weighted by Gasteiger charge is -2.35. The van der Waals surface area contributed by atoms with Crippen LogP contribution in [0.25, 0.3) is 11.3 Å². The summed E-state index contributed by atoms with van der Waals surface area (Å²) in [6.45, 7) is 7.40. The van der Waals surface area contributed by atoms with Gasteiger partial charge in [-0.25, -0.2) is 4.98 Å². The van der Waals surface area contributed by atoms with Crippen LogP contribution in [-0.4, -0.2) is 65.6 Å². The Labute approximate surface area is 155 Å². The molecule has 0 radical (unpaired) electrons. The second-order valence-corrected chi connectivity index (χ2v) is 6.60. The van der Waals surface area contributed by atoms with Crippen LogP contribution in [0.1, 0.15) is 18.6 Å². The molecular formula is C17H20N10. The number of aryl methyl sites for hydroxylation is 2. The summed E-state index contributed by atoms with van der Waals surface area (Å²) >= 11 is 0. The Morgan fingerprint density at radius 2 is 1.78 bits per heavy atom. The molecule has 0 amide bonds. The van der Waals surface area contributed by atoms with Crippen molar-refractivity contribution in [2.24, 2.45) is 0 Å². The Balaban J connectivity index is 1.38. The Morgan fingerprint density at radius 1 is 0.963 bits per heavy atom. The fourth-order valence-corrected chi connectivity index (χ4v) is 3.53. The number of piperazine rings is 1. The Hall–Kier alpha value is -3.30. The van der Waals surface area contributed by atoms with Crippen molar-refractivity contribution in [1.29, 1.82) is 0 Å². The highest BCUT2D eigenvalue weighted by molar-refractivity contribution is 5.64. The quantitative estimate of drug-likeness (QED) is 0.526. The lowest BCUT2D eigenvalue weighted by atomic mass is 10.3. The van der Waals surface area contributed by atoms with E-state index in [4.69, 9.17) is 0 Å². The average molecular weight is 364 g/mol. The van der Waals surface area contributed by atoms with E-state index < -0.39 is 0 Å². The Morgan fingerprint density at radius 3 is 2.59 bits per heavy atom. The van der Waals surface area contributed by atoms with Gasteiger partial charge in [0.25, 0.3) is 0 Å². The van der Waals surface area contributed by atoms with Crippen LogP contribution in [0.5, 0.6) is 0 Å². The summed E-state index contributed by atoms with van der Waals surface area (Å²) in [5, 5.41) is 21.5. The predicted octanol–water partition coefficient (Wildman–Crippen LogP) is 0.759. The molecule has 0 bridgehead atoms. The first-order valence-corrected chi connectivity index (χ1v) is 9.12. The van der Waals surface area contributed by atoms with Crippen molar-refractivity contribution < 1.29 is 0 Å². The van der Waals surface area contributed by atoms with E-state index in [-0.39, 0.29) is 0 Å². The third kappa shape index (κ3) is 2.56. The number of anilines is 2. The van der Waals surface area contributed by atoms with Crippen LogP contribution in [-0.2, 0) is 6.42 Å². The molecule has 0 aromatic carbocycles. The number of hydrogen-bond acceptors (Lipinski definition) is 8. The van der Waals surface area contributed by atoms with Gasteiger partial charge in [0, 0.05) is 45.0 Å². The van der Waals surface area contributed by atoms with E-state index in [0.29, 0.717) is 0 Å². The second-order valence-electron chi connectivity index (χ2n) is 6.60. The van der Waals surface area contributed by atoms with Gasteiger partial charge in [0.1, 0.15) is 11.6 Å². The zero-order valence-corrected chi connectivity index (χ0v) is 15.3. The van der Waals surface area contributed by atoms with Gasteiger partial charge in [0.2, 0.25) is 5.65 Å². The van der Waals surface area contributed by atoms with Crippen LogP contribution in [0, 0.1) is 6.92 Å². The van der Waals surface area contributed by atoms with E-state index in [2.05, 4.69) is 47.2 Å². The molecule has 27 heavy (non-hydrogen) atoms. The van der Waals surface area contributed by atoms with Gasteiger partial charge in [-0.15, -0.1) is 25.5 Å². The molecule has 4 aromatic rings. The highest BCUT2D eigenvalue weighted by Gasteiger charge is 2.22. The van der Waals surface area contributed by atoms with Crippen LogP contribution in [0.4, 0.5) is 11.6 Å². The van der Waals surface area contributed by atoms with Gasteiger partial charge >= 0.3 is 0 Å². The maximum absolute atomic E-state index is 4.68. The maximum atomic E-state index is 4.68. The van der Waals surface area contributed by atoms with E-state index in [1.165, 1.54) is 0 Å². The van der Waals surface area contributed by atoms with Crippen molar-refractivity contribution in [1.82, 2.24) is 39.4 Å². The van der Waals surface area contributed by atoms with Gasteiger partial charge in [0.15, 0.2) is 17.3 Å². The van der Waals surface area contributed by atoms with Crippen LogP contribution >= 0.6 is 0 Å². The molecule has 0 atom stereocenters. The molecule has 0 unspecified atom stereocenters. The molecular weight excluding hydrogens is 344 g/mol. The third-order valence-electron chi connectivity index (χ3n) is 5.00. The van der Waals surface area contributed by atoms with Crippen molar-refractivity contribution in [3.05, 3.63) is 36.2 Å². The molecule has 1 saturated heterocycles. The molecule has 138 valence electrons. The summed E-state index contributed by atoms with van der Waals surface area (Å²) in [6.07, 6.45) is 4.59. The van der Waals surface area contributed by atoms with Crippen LogP contribution in [0.3, 0.4) is 0 Å². The van der Waals surface area contributed by atoms with E-state index in [1.54, 1.807) is 4.52 Å². The summed E-state index contributed by atoms with van der Waals surface area (Å²) in [5.74, 6) is 3.57. The second kappa shape index (κ2) is 6.15. The molecule has 1 fully saturated rings. The van der Waals surface area contributed by atoms with Crippen molar-refractivity contribution in [3.63, 3.8) is 0 Å². The largest absolute Gasteiger partial charge is 0.352 e. The number of fused-ring (bicyclic) bond motifs is 2. The van der Waals surface area contributed by atoms with Crippen molar-refractivity contribution >= 4 is 22.9 Å². The topological polar surface area (TPSA) is 92.6 Å². The van der Waals surface area contributed by atoms with E-state index in [0.717, 1.165) is 67.2 Å². The number of hydrogen-bond donors (Lipinski definition) is 0. The van der Waals surface area contributed by atoms with Gasteiger partial charge in [-0.1, -0.05) is 6.92 Å². The van der Waals surface area contributed by atoms with Gasteiger partial charge in [0.05, 0.1) is 0 Å². The SMILES string of the molecule is CCc1nnc2c(N3CCN(c4ccc5nnc(C)n5n4)CC3)nccn12. The molecule has 4 aromatic heterocycles. The fraction of sp³-hybridized carbons (Fsp3) is 0.412. The van der Waals surface area contributed by atoms with Gasteiger partial charge in [-0.3, -0.25) is 4.40 Å². The average Bonchev–Trinajstić information content (AvgIpc) is 3.31. The highest BCUT2D eigenvalue weighted by Crippen LogP contribution is 2.21. The molecule has 0 saturated carbocycles. The first-order chi connectivity index (χ1) is 13.2. The number of nitrogens with zero attached hydrogens (tertiary/aromatic N) is 10. The van der Waals surface area contributed by atoms with Crippen molar-refractivity contribution in [3.8, 4) is 0 Å². The first-order valence-electron chi connectivity index (χ1n) is 9.12. The van der Waals surface area contributed by atoms with Gasteiger partial charge < -0.3 is 9.80 Å². The summed E-state index contributed by atoms with van der Waals surface area (Å²) in [7, 11) is 0.